The van der Waals surface area contributed by atoms with E-state index in [9.17, 15) is 13.6 Å². The number of methoxy groups -OCH3 is 1. The van der Waals surface area contributed by atoms with Gasteiger partial charge in [0.25, 0.3) is 0 Å². The van der Waals surface area contributed by atoms with Crippen LogP contribution in [0.2, 0.25) is 0 Å². The number of amides is 2. The summed E-state index contributed by atoms with van der Waals surface area (Å²) in [5.74, 6) is -1.84. The first kappa shape index (κ1) is 14.4. The lowest BCUT2D eigenvalue weighted by Gasteiger charge is -2.15. The van der Waals surface area contributed by atoms with Crippen molar-refractivity contribution in [3.05, 3.63) is 35.4 Å². The third-order valence-corrected chi connectivity index (χ3v) is 2.38. The summed E-state index contributed by atoms with van der Waals surface area (Å²) in [7, 11) is 1.53. The smallest absolute Gasteiger partial charge is 0.315 e. The molecule has 0 saturated heterocycles. The molecule has 0 aliphatic heterocycles. The summed E-state index contributed by atoms with van der Waals surface area (Å²) < 4.78 is 30.5. The molecule has 1 atom stereocenters. The Morgan fingerprint density at radius 3 is 2.72 bits per heavy atom. The van der Waals surface area contributed by atoms with Crippen molar-refractivity contribution >= 4 is 6.03 Å². The summed E-state index contributed by atoms with van der Waals surface area (Å²) in [5, 5.41) is 5.17. The summed E-state index contributed by atoms with van der Waals surface area (Å²) in [6, 6.07) is 2.73. The van der Waals surface area contributed by atoms with E-state index in [2.05, 4.69) is 10.6 Å². The number of carbonyl (C=O) groups excluding carboxylic acids is 1. The van der Waals surface area contributed by atoms with E-state index in [0.717, 1.165) is 12.1 Å². The average molecular weight is 258 g/mol. The Labute approximate surface area is 104 Å². The first-order chi connectivity index (χ1) is 8.54. The zero-order valence-corrected chi connectivity index (χ0v) is 10.3. The quantitative estimate of drug-likeness (QED) is 0.793. The number of carbonyl (C=O) groups is 1. The Hall–Kier alpha value is -1.69. The van der Waals surface area contributed by atoms with Crippen LogP contribution in [-0.2, 0) is 4.74 Å². The second-order valence-corrected chi connectivity index (χ2v) is 3.79. The summed E-state index contributed by atoms with van der Waals surface area (Å²) in [6.07, 6.45) is 0. The number of hydrogen-bond acceptors (Lipinski definition) is 2. The lowest BCUT2D eigenvalue weighted by atomic mass is 10.1. The molecule has 100 valence electrons. The van der Waals surface area contributed by atoms with Crippen LogP contribution in [0.1, 0.15) is 18.5 Å². The van der Waals surface area contributed by atoms with Crippen molar-refractivity contribution < 1.29 is 18.3 Å². The van der Waals surface area contributed by atoms with Crippen LogP contribution in [0.5, 0.6) is 0 Å². The lowest BCUT2D eigenvalue weighted by molar-refractivity contribution is 0.195. The Morgan fingerprint density at radius 2 is 2.11 bits per heavy atom. The molecular weight excluding hydrogens is 242 g/mol. The Morgan fingerprint density at radius 1 is 1.39 bits per heavy atom. The van der Waals surface area contributed by atoms with Gasteiger partial charge in [0.2, 0.25) is 0 Å². The minimum atomic E-state index is -0.930. The molecule has 1 aromatic carbocycles. The van der Waals surface area contributed by atoms with Crippen LogP contribution in [0.25, 0.3) is 0 Å². The standard InChI is InChI=1S/C12H16F2N2O2/c1-8(16-12(17)15-5-6-18-2)9-3-4-10(13)11(14)7-9/h3-4,7-8H,5-6H2,1-2H3,(H2,15,16,17). The van der Waals surface area contributed by atoms with Crippen LogP contribution < -0.4 is 10.6 Å². The van der Waals surface area contributed by atoms with Gasteiger partial charge in [0.15, 0.2) is 11.6 Å². The van der Waals surface area contributed by atoms with Crippen LogP contribution in [-0.4, -0.2) is 26.3 Å². The third-order valence-electron chi connectivity index (χ3n) is 2.38. The van der Waals surface area contributed by atoms with Gasteiger partial charge in [-0.05, 0) is 24.6 Å². The highest BCUT2D eigenvalue weighted by Gasteiger charge is 2.11. The molecule has 4 nitrogen and oxygen atoms in total. The van der Waals surface area contributed by atoms with Gasteiger partial charge in [-0.1, -0.05) is 6.07 Å². The lowest BCUT2D eigenvalue weighted by Crippen LogP contribution is -2.38. The number of urea groups is 1. The Bertz CT molecular complexity index is 413. The van der Waals surface area contributed by atoms with E-state index < -0.39 is 17.7 Å². The van der Waals surface area contributed by atoms with E-state index in [4.69, 9.17) is 4.74 Å². The van der Waals surface area contributed by atoms with Gasteiger partial charge in [-0.2, -0.15) is 0 Å². The molecule has 2 N–H and O–H groups in total. The predicted octanol–water partition coefficient (Wildman–Crippen LogP) is 1.97. The zero-order valence-electron chi connectivity index (χ0n) is 10.3. The fraction of sp³-hybridized carbons (Fsp3) is 0.417. The molecule has 0 heterocycles. The molecule has 0 aromatic heterocycles. The highest BCUT2D eigenvalue weighted by atomic mass is 19.2. The van der Waals surface area contributed by atoms with Crippen molar-refractivity contribution in [2.24, 2.45) is 0 Å². The zero-order chi connectivity index (χ0) is 13.5. The van der Waals surface area contributed by atoms with Crippen LogP contribution in [0.15, 0.2) is 18.2 Å². The molecule has 0 bridgehead atoms. The van der Waals surface area contributed by atoms with E-state index in [0.29, 0.717) is 18.7 Å². The van der Waals surface area contributed by atoms with Crippen molar-refractivity contribution in [1.29, 1.82) is 0 Å². The van der Waals surface area contributed by atoms with Crippen LogP contribution >= 0.6 is 0 Å². The molecule has 18 heavy (non-hydrogen) atoms. The topological polar surface area (TPSA) is 50.4 Å². The number of rotatable bonds is 5. The SMILES string of the molecule is COCCNC(=O)NC(C)c1ccc(F)c(F)c1. The maximum atomic E-state index is 13.0. The Kier molecular flexibility index (Phi) is 5.51. The molecular formula is C12H16F2N2O2. The van der Waals surface area contributed by atoms with Gasteiger partial charge < -0.3 is 15.4 Å². The van der Waals surface area contributed by atoms with Gasteiger partial charge in [0.1, 0.15) is 0 Å². The third kappa shape index (κ3) is 4.29. The molecule has 0 spiro atoms. The van der Waals surface area contributed by atoms with E-state index in [1.165, 1.54) is 13.2 Å². The molecule has 1 unspecified atom stereocenters. The molecule has 1 aromatic rings. The summed E-state index contributed by atoms with van der Waals surface area (Å²) >= 11 is 0. The minimum Gasteiger partial charge on any atom is -0.383 e. The normalized spacial score (nSPS) is 12.0. The molecule has 1 rings (SSSR count). The maximum absolute atomic E-state index is 13.0. The second kappa shape index (κ2) is 6.90. The summed E-state index contributed by atoms with van der Waals surface area (Å²) in [4.78, 5) is 11.4. The number of ether oxygens (including phenoxy) is 1. The number of halogens is 2. The van der Waals surface area contributed by atoms with Gasteiger partial charge in [-0.25, -0.2) is 13.6 Å². The fourth-order valence-electron chi connectivity index (χ4n) is 1.38. The molecule has 2 amide bonds. The molecule has 0 saturated carbocycles. The van der Waals surface area contributed by atoms with Gasteiger partial charge in [0.05, 0.1) is 12.6 Å². The van der Waals surface area contributed by atoms with Gasteiger partial charge in [-0.3, -0.25) is 0 Å². The number of nitrogens with one attached hydrogen (secondary N) is 2. The van der Waals surface area contributed by atoms with Gasteiger partial charge >= 0.3 is 6.03 Å². The molecule has 0 radical (unpaired) electrons. The largest absolute Gasteiger partial charge is 0.383 e. The number of benzene rings is 1. The molecule has 0 fully saturated rings. The molecule has 0 aliphatic carbocycles. The highest BCUT2D eigenvalue weighted by molar-refractivity contribution is 5.74. The fourth-order valence-corrected chi connectivity index (χ4v) is 1.38. The van der Waals surface area contributed by atoms with Crippen molar-refractivity contribution in [2.45, 2.75) is 13.0 Å². The van der Waals surface area contributed by atoms with Crippen molar-refractivity contribution in [2.75, 3.05) is 20.3 Å². The molecule has 6 heteroatoms. The van der Waals surface area contributed by atoms with Crippen molar-refractivity contribution in [1.82, 2.24) is 10.6 Å². The van der Waals surface area contributed by atoms with E-state index >= 15 is 0 Å². The van der Waals surface area contributed by atoms with Crippen LogP contribution in [0.4, 0.5) is 13.6 Å². The van der Waals surface area contributed by atoms with Crippen molar-refractivity contribution in [3.8, 4) is 0 Å². The minimum absolute atomic E-state index is 0.382. The summed E-state index contributed by atoms with van der Waals surface area (Å²) in [5.41, 5.74) is 0.496. The predicted molar refractivity (Wildman–Crippen MR) is 63.2 cm³/mol. The first-order valence-electron chi connectivity index (χ1n) is 5.53. The Balaban J connectivity index is 2.51. The monoisotopic (exact) mass is 258 g/mol. The van der Waals surface area contributed by atoms with Gasteiger partial charge in [-0.15, -0.1) is 0 Å². The van der Waals surface area contributed by atoms with Crippen LogP contribution in [0, 0.1) is 11.6 Å². The highest BCUT2D eigenvalue weighted by Crippen LogP contribution is 2.15. The maximum Gasteiger partial charge on any atom is 0.315 e. The summed E-state index contributed by atoms with van der Waals surface area (Å²) in [6.45, 7) is 2.47. The van der Waals surface area contributed by atoms with Crippen LogP contribution in [0.3, 0.4) is 0 Å². The van der Waals surface area contributed by atoms with E-state index in [-0.39, 0.29) is 6.03 Å². The van der Waals surface area contributed by atoms with Crippen molar-refractivity contribution in [3.63, 3.8) is 0 Å². The average Bonchev–Trinajstić information content (AvgIpc) is 2.33. The van der Waals surface area contributed by atoms with Gasteiger partial charge in [0, 0.05) is 13.7 Å². The first-order valence-corrected chi connectivity index (χ1v) is 5.53. The van der Waals surface area contributed by atoms with E-state index in [1.54, 1.807) is 6.92 Å². The second-order valence-electron chi connectivity index (χ2n) is 3.79. The molecule has 0 aliphatic rings. The number of hydrogen-bond donors (Lipinski definition) is 2. The van der Waals surface area contributed by atoms with E-state index in [1.807, 2.05) is 0 Å².